The lowest BCUT2D eigenvalue weighted by molar-refractivity contribution is -0.138. The summed E-state index contributed by atoms with van der Waals surface area (Å²) in [4.78, 5) is 12.0. The molecule has 3 aromatic rings. The first-order valence-corrected chi connectivity index (χ1v) is 12.0. The molecule has 0 aliphatic carbocycles. The van der Waals surface area contributed by atoms with Crippen LogP contribution in [0.4, 0.5) is 13.2 Å². The largest absolute Gasteiger partial charge is 0.496 e. The molecule has 7 nitrogen and oxygen atoms in total. The van der Waals surface area contributed by atoms with Crippen LogP contribution in [0, 0.1) is 0 Å². The molecule has 0 bridgehead atoms. The molecule has 1 aliphatic rings. The predicted octanol–water partition coefficient (Wildman–Crippen LogP) is 3.79. The number of rotatable bonds is 5. The maximum atomic E-state index is 13.3. The molecule has 1 unspecified atom stereocenters. The number of sulfonamides is 1. The summed E-state index contributed by atoms with van der Waals surface area (Å²) >= 11 is 1.19. The molecule has 2 N–H and O–H groups in total. The molecule has 1 aliphatic heterocycles. The van der Waals surface area contributed by atoms with Gasteiger partial charge in [-0.25, -0.2) is 8.42 Å². The Morgan fingerprint density at radius 1 is 1.24 bits per heavy atom. The molecule has 1 atom stereocenters. The highest BCUT2D eigenvalue weighted by molar-refractivity contribution is 7.89. The van der Waals surface area contributed by atoms with Gasteiger partial charge in [0.2, 0.25) is 10.0 Å². The van der Waals surface area contributed by atoms with E-state index in [1.165, 1.54) is 11.3 Å². The minimum atomic E-state index is -4.69. The third-order valence-electron chi connectivity index (χ3n) is 5.32. The summed E-state index contributed by atoms with van der Waals surface area (Å²) in [5.74, 6) is -1.24. The van der Waals surface area contributed by atoms with E-state index in [4.69, 9.17) is 15.2 Å². The fourth-order valence-corrected chi connectivity index (χ4v) is 6.35. The van der Waals surface area contributed by atoms with Crippen LogP contribution in [0.3, 0.4) is 0 Å². The number of carbonyl (C=O) groups excluding carboxylic acids is 1. The number of alkyl halides is 3. The molecule has 0 spiro atoms. The Morgan fingerprint density at radius 3 is 2.64 bits per heavy atom. The molecule has 12 heteroatoms. The summed E-state index contributed by atoms with van der Waals surface area (Å²) in [6.45, 7) is -0.104. The van der Waals surface area contributed by atoms with Gasteiger partial charge in [-0.15, -0.1) is 11.3 Å². The summed E-state index contributed by atoms with van der Waals surface area (Å²) < 4.78 is 78.5. The number of thiophene rings is 1. The van der Waals surface area contributed by atoms with Crippen molar-refractivity contribution < 1.29 is 35.9 Å². The highest BCUT2D eigenvalue weighted by Gasteiger charge is 2.38. The minimum absolute atomic E-state index is 0.00382. The fraction of sp³-hybridized carbons (Fsp3) is 0.286. The number of nitrogens with zero attached hydrogens (tertiary/aromatic N) is 1. The van der Waals surface area contributed by atoms with Crippen LogP contribution in [0.5, 0.6) is 5.75 Å². The zero-order valence-electron chi connectivity index (χ0n) is 17.3. The quantitative estimate of drug-likeness (QED) is 0.575. The highest BCUT2D eigenvalue weighted by atomic mass is 32.2. The number of halogens is 3. The van der Waals surface area contributed by atoms with Gasteiger partial charge in [-0.3, -0.25) is 4.79 Å². The standard InChI is InChI=1S/C21H19F3N2O5S2/c1-30-15-10-12(6-7-14(15)21(22,23)24)33(28,29)26-8-9-31-16(11-26)18-13-4-2-3-5-17(13)32-19(18)20(25)27/h2-7,10,16H,8-9,11H2,1H3,(H2,25,27). The third kappa shape index (κ3) is 4.31. The lowest BCUT2D eigenvalue weighted by Crippen LogP contribution is -2.42. The smallest absolute Gasteiger partial charge is 0.419 e. The van der Waals surface area contributed by atoms with Crippen molar-refractivity contribution in [3.8, 4) is 5.75 Å². The van der Waals surface area contributed by atoms with Crippen LogP contribution in [0.2, 0.25) is 0 Å². The average Bonchev–Trinajstić information content (AvgIpc) is 3.18. The van der Waals surface area contributed by atoms with Gasteiger partial charge < -0.3 is 15.2 Å². The van der Waals surface area contributed by atoms with Crippen molar-refractivity contribution in [2.24, 2.45) is 5.73 Å². The number of morpholine rings is 1. The minimum Gasteiger partial charge on any atom is -0.496 e. The predicted molar refractivity (Wildman–Crippen MR) is 116 cm³/mol. The first-order chi connectivity index (χ1) is 15.5. The Kier molecular flexibility index (Phi) is 6.12. The number of hydrogen-bond donors (Lipinski definition) is 1. The Morgan fingerprint density at radius 2 is 1.97 bits per heavy atom. The van der Waals surface area contributed by atoms with E-state index in [0.29, 0.717) is 11.6 Å². The zero-order valence-corrected chi connectivity index (χ0v) is 18.9. The van der Waals surface area contributed by atoms with Gasteiger partial charge in [-0.05, 0) is 23.6 Å². The van der Waals surface area contributed by atoms with E-state index in [-0.39, 0.29) is 29.5 Å². The van der Waals surface area contributed by atoms with Crippen LogP contribution in [0.25, 0.3) is 10.1 Å². The second-order valence-corrected chi connectivity index (χ2v) is 10.3. The SMILES string of the molecule is COc1cc(S(=O)(=O)N2CCOC(c3c(C(N)=O)sc4ccccc34)C2)ccc1C(F)(F)F. The second kappa shape index (κ2) is 8.60. The van der Waals surface area contributed by atoms with E-state index >= 15 is 0 Å². The van der Waals surface area contributed by atoms with Gasteiger partial charge in [0, 0.05) is 29.4 Å². The zero-order chi connectivity index (χ0) is 24.0. The Bertz CT molecular complexity index is 1320. The lowest BCUT2D eigenvalue weighted by atomic mass is 10.0. The summed E-state index contributed by atoms with van der Waals surface area (Å²) in [6, 6.07) is 9.66. The monoisotopic (exact) mass is 500 g/mol. The van der Waals surface area contributed by atoms with Crippen LogP contribution < -0.4 is 10.5 Å². The molecule has 0 saturated carbocycles. The van der Waals surface area contributed by atoms with E-state index in [0.717, 1.165) is 33.6 Å². The summed E-state index contributed by atoms with van der Waals surface area (Å²) in [5, 5.41) is 0.733. The topological polar surface area (TPSA) is 98.9 Å². The summed E-state index contributed by atoms with van der Waals surface area (Å²) in [6.07, 6.45) is -5.47. The van der Waals surface area contributed by atoms with Crippen LogP contribution in [-0.2, 0) is 20.9 Å². The van der Waals surface area contributed by atoms with Crippen LogP contribution in [-0.4, -0.2) is 45.4 Å². The number of methoxy groups -OCH3 is 1. The maximum Gasteiger partial charge on any atom is 0.419 e. The van der Waals surface area contributed by atoms with Gasteiger partial charge in [0.25, 0.3) is 5.91 Å². The Labute approximate surface area is 191 Å². The third-order valence-corrected chi connectivity index (χ3v) is 8.39. The number of benzene rings is 2. The molecule has 2 heterocycles. The molecule has 33 heavy (non-hydrogen) atoms. The second-order valence-electron chi connectivity index (χ2n) is 7.29. The number of primary amides is 1. The normalized spacial score (nSPS) is 17.9. The van der Waals surface area contributed by atoms with E-state index in [1.54, 1.807) is 12.1 Å². The molecular weight excluding hydrogens is 481 g/mol. The molecule has 1 amide bonds. The number of fused-ring (bicyclic) bond motifs is 1. The molecule has 1 aromatic heterocycles. The molecule has 1 fully saturated rings. The van der Waals surface area contributed by atoms with Gasteiger partial charge in [0.05, 0.1) is 35.2 Å². The van der Waals surface area contributed by atoms with Gasteiger partial charge in [-0.1, -0.05) is 18.2 Å². The van der Waals surface area contributed by atoms with Gasteiger partial charge >= 0.3 is 6.18 Å². The molecule has 0 radical (unpaired) electrons. The molecule has 1 saturated heterocycles. The number of ether oxygens (including phenoxy) is 2. The van der Waals surface area contributed by atoms with Crippen molar-refractivity contribution >= 4 is 37.4 Å². The molecule has 4 rings (SSSR count). The Hall–Kier alpha value is -2.67. The van der Waals surface area contributed by atoms with Gasteiger partial charge in [-0.2, -0.15) is 17.5 Å². The number of nitrogens with two attached hydrogens (primary N) is 1. The summed E-state index contributed by atoms with van der Waals surface area (Å²) in [5.41, 5.74) is 4.99. The number of amides is 1. The average molecular weight is 501 g/mol. The molecule has 2 aromatic carbocycles. The lowest BCUT2D eigenvalue weighted by Gasteiger charge is -2.32. The fourth-order valence-electron chi connectivity index (χ4n) is 3.80. The van der Waals surface area contributed by atoms with Crippen molar-refractivity contribution in [1.82, 2.24) is 4.31 Å². The first-order valence-electron chi connectivity index (χ1n) is 9.72. The van der Waals surface area contributed by atoms with E-state index in [9.17, 15) is 26.4 Å². The molecular formula is C21H19F3N2O5S2. The first kappa shape index (κ1) is 23.5. The van der Waals surface area contributed by atoms with Crippen LogP contribution >= 0.6 is 11.3 Å². The van der Waals surface area contributed by atoms with Gasteiger partial charge in [0.15, 0.2) is 0 Å². The van der Waals surface area contributed by atoms with Crippen LogP contribution in [0.1, 0.15) is 26.9 Å². The summed E-state index contributed by atoms with van der Waals surface area (Å²) in [7, 11) is -3.13. The van der Waals surface area contributed by atoms with Crippen molar-refractivity contribution in [1.29, 1.82) is 0 Å². The van der Waals surface area contributed by atoms with Crippen molar-refractivity contribution in [3.63, 3.8) is 0 Å². The van der Waals surface area contributed by atoms with Crippen LogP contribution in [0.15, 0.2) is 47.4 Å². The van der Waals surface area contributed by atoms with Crippen molar-refractivity contribution in [2.75, 3.05) is 26.8 Å². The Balaban J connectivity index is 1.71. The van der Waals surface area contributed by atoms with Crippen molar-refractivity contribution in [3.05, 3.63) is 58.5 Å². The van der Waals surface area contributed by atoms with E-state index in [2.05, 4.69) is 0 Å². The van der Waals surface area contributed by atoms with Crippen molar-refractivity contribution in [2.45, 2.75) is 17.2 Å². The van der Waals surface area contributed by atoms with E-state index < -0.39 is 39.5 Å². The maximum absolute atomic E-state index is 13.3. The molecule has 176 valence electrons. The highest BCUT2D eigenvalue weighted by Crippen LogP contribution is 2.40. The number of carbonyl (C=O) groups is 1. The van der Waals surface area contributed by atoms with Gasteiger partial charge in [0.1, 0.15) is 5.75 Å². The number of hydrogen-bond acceptors (Lipinski definition) is 6. The van der Waals surface area contributed by atoms with E-state index in [1.807, 2.05) is 12.1 Å².